The van der Waals surface area contributed by atoms with Crippen LogP contribution in [0.2, 0.25) is 0 Å². The smallest absolute Gasteiger partial charge is 0.136 e. The van der Waals surface area contributed by atoms with Crippen molar-refractivity contribution in [3.8, 4) is 16.9 Å². The average molecular weight is 291 g/mol. The summed E-state index contributed by atoms with van der Waals surface area (Å²) >= 11 is 0. The number of halogens is 2. The number of methoxy groups -OCH3 is 1. The van der Waals surface area contributed by atoms with Crippen molar-refractivity contribution in [3.05, 3.63) is 53.1 Å². The van der Waals surface area contributed by atoms with Crippen molar-refractivity contribution in [3.63, 3.8) is 0 Å². The van der Waals surface area contributed by atoms with Crippen LogP contribution in [0.5, 0.6) is 5.75 Å². The van der Waals surface area contributed by atoms with Gasteiger partial charge in [0.15, 0.2) is 0 Å². The quantitative estimate of drug-likeness (QED) is 0.897. The molecule has 0 aliphatic heterocycles. The van der Waals surface area contributed by atoms with E-state index in [0.29, 0.717) is 23.4 Å². The third-order valence-corrected chi connectivity index (χ3v) is 3.42. The second-order valence-electron chi connectivity index (χ2n) is 4.86. The van der Waals surface area contributed by atoms with Gasteiger partial charge in [0.05, 0.1) is 12.7 Å². The molecule has 0 aliphatic carbocycles. The minimum absolute atomic E-state index is 0.00963. The summed E-state index contributed by atoms with van der Waals surface area (Å²) in [7, 11) is 1.58. The topological polar surface area (TPSA) is 21.3 Å². The van der Waals surface area contributed by atoms with E-state index in [-0.39, 0.29) is 5.56 Å². The average Bonchev–Trinajstić information content (AvgIpc) is 2.49. The van der Waals surface area contributed by atoms with E-state index < -0.39 is 11.6 Å². The van der Waals surface area contributed by atoms with Crippen molar-refractivity contribution in [1.82, 2.24) is 5.32 Å². The van der Waals surface area contributed by atoms with Crippen molar-refractivity contribution < 1.29 is 13.5 Å². The number of rotatable bonds is 5. The Kier molecular flexibility index (Phi) is 4.91. The number of ether oxygens (including phenoxy) is 1. The zero-order chi connectivity index (χ0) is 15.4. The number of hydrogen-bond donors (Lipinski definition) is 1. The van der Waals surface area contributed by atoms with Crippen LogP contribution in [-0.2, 0) is 6.54 Å². The molecule has 1 N–H and O–H groups in total. The molecule has 0 radical (unpaired) electrons. The van der Waals surface area contributed by atoms with Gasteiger partial charge in [0.1, 0.15) is 17.4 Å². The first kappa shape index (κ1) is 15.4. The first-order valence-electron chi connectivity index (χ1n) is 6.91. The Morgan fingerprint density at radius 2 is 1.90 bits per heavy atom. The highest BCUT2D eigenvalue weighted by atomic mass is 19.1. The largest absolute Gasteiger partial charge is 0.496 e. The highest BCUT2D eigenvalue weighted by Crippen LogP contribution is 2.31. The van der Waals surface area contributed by atoms with Crippen molar-refractivity contribution in [1.29, 1.82) is 0 Å². The first-order valence-corrected chi connectivity index (χ1v) is 6.91. The van der Waals surface area contributed by atoms with Crippen LogP contribution in [0.15, 0.2) is 30.3 Å². The summed E-state index contributed by atoms with van der Waals surface area (Å²) in [6, 6.07) is 7.92. The molecule has 0 spiro atoms. The molecule has 2 aromatic rings. The summed E-state index contributed by atoms with van der Waals surface area (Å²) in [5, 5.41) is 3.19. The molecule has 21 heavy (non-hydrogen) atoms. The maximum Gasteiger partial charge on any atom is 0.136 e. The predicted octanol–water partition coefficient (Wildman–Crippen LogP) is 4.06. The van der Waals surface area contributed by atoms with E-state index in [1.165, 1.54) is 12.1 Å². The lowest BCUT2D eigenvalue weighted by Gasteiger charge is -2.13. The molecule has 0 saturated carbocycles. The standard InChI is InChI=1S/C17H19F2NO/c1-4-20-10-13-9-12(6-8-15(13)21-3)16-14(18)7-5-11(2)17(16)19/h5-9,20H,4,10H2,1-3H3. The number of benzene rings is 2. The van der Waals surface area contributed by atoms with Crippen LogP contribution in [0.1, 0.15) is 18.1 Å². The Hall–Kier alpha value is -1.94. The van der Waals surface area contributed by atoms with Gasteiger partial charge in [-0.3, -0.25) is 0 Å². The van der Waals surface area contributed by atoms with Gasteiger partial charge in [-0.1, -0.05) is 19.1 Å². The zero-order valence-electron chi connectivity index (χ0n) is 12.5. The van der Waals surface area contributed by atoms with Gasteiger partial charge in [-0.2, -0.15) is 0 Å². The zero-order valence-corrected chi connectivity index (χ0v) is 12.5. The van der Waals surface area contributed by atoms with Crippen LogP contribution < -0.4 is 10.1 Å². The number of nitrogens with one attached hydrogen (secondary N) is 1. The number of aryl methyl sites for hydroxylation is 1. The highest BCUT2D eigenvalue weighted by Gasteiger charge is 2.15. The van der Waals surface area contributed by atoms with Crippen LogP contribution >= 0.6 is 0 Å². The second-order valence-corrected chi connectivity index (χ2v) is 4.86. The van der Waals surface area contributed by atoms with E-state index in [2.05, 4.69) is 5.32 Å². The molecule has 2 rings (SSSR count). The van der Waals surface area contributed by atoms with Crippen LogP contribution in [0.3, 0.4) is 0 Å². The van der Waals surface area contributed by atoms with Crippen LogP contribution in [0.25, 0.3) is 11.1 Å². The molecular weight excluding hydrogens is 272 g/mol. The van der Waals surface area contributed by atoms with Crippen LogP contribution in [0, 0.1) is 18.6 Å². The predicted molar refractivity (Wildman–Crippen MR) is 80.5 cm³/mol. The molecule has 0 atom stereocenters. The lowest BCUT2D eigenvalue weighted by molar-refractivity contribution is 0.408. The summed E-state index contributed by atoms with van der Waals surface area (Å²) < 4.78 is 33.5. The SMILES string of the molecule is CCNCc1cc(-c2c(F)ccc(C)c2F)ccc1OC. The van der Waals surface area contributed by atoms with Gasteiger partial charge < -0.3 is 10.1 Å². The Morgan fingerprint density at radius 1 is 1.14 bits per heavy atom. The van der Waals surface area contributed by atoms with Gasteiger partial charge in [-0.15, -0.1) is 0 Å². The third-order valence-electron chi connectivity index (χ3n) is 3.42. The summed E-state index contributed by atoms with van der Waals surface area (Å²) in [6.45, 7) is 5.01. The number of hydrogen-bond acceptors (Lipinski definition) is 2. The van der Waals surface area contributed by atoms with Crippen molar-refractivity contribution in [2.24, 2.45) is 0 Å². The van der Waals surface area contributed by atoms with Crippen molar-refractivity contribution in [2.75, 3.05) is 13.7 Å². The maximum atomic E-state index is 14.2. The normalized spacial score (nSPS) is 10.7. The summed E-state index contributed by atoms with van der Waals surface area (Å²) in [5.74, 6) is -0.375. The van der Waals surface area contributed by atoms with Gasteiger partial charge in [0, 0.05) is 12.1 Å². The van der Waals surface area contributed by atoms with Gasteiger partial charge in [0.25, 0.3) is 0 Å². The molecule has 0 aromatic heterocycles. The highest BCUT2D eigenvalue weighted by molar-refractivity contribution is 5.68. The van der Waals surface area contributed by atoms with Crippen molar-refractivity contribution >= 4 is 0 Å². The Balaban J connectivity index is 2.52. The Bertz CT molecular complexity index is 641. The van der Waals surface area contributed by atoms with E-state index in [9.17, 15) is 8.78 Å². The molecule has 0 saturated heterocycles. The molecule has 0 heterocycles. The lowest BCUT2D eigenvalue weighted by atomic mass is 9.99. The van der Waals surface area contributed by atoms with E-state index in [1.54, 1.807) is 32.2 Å². The molecule has 0 unspecified atom stereocenters. The van der Waals surface area contributed by atoms with Crippen molar-refractivity contribution in [2.45, 2.75) is 20.4 Å². The Labute approximate surface area is 123 Å². The van der Waals surface area contributed by atoms with E-state index >= 15 is 0 Å². The minimum atomic E-state index is -0.558. The minimum Gasteiger partial charge on any atom is -0.496 e. The molecule has 112 valence electrons. The molecule has 0 amide bonds. The fourth-order valence-electron chi connectivity index (χ4n) is 2.25. The van der Waals surface area contributed by atoms with Gasteiger partial charge >= 0.3 is 0 Å². The maximum absolute atomic E-state index is 14.2. The summed E-state index contributed by atoms with van der Waals surface area (Å²) in [4.78, 5) is 0. The molecular formula is C17H19F2NO. The monoisotopic (exact) mass is 291 g/mol. The summed E-state index contributed by atoms with van der Waals surface area (Å²) in [5.41, 5.74) is 1.82. The summed E-state index contributed by atoms with van der Waals surface area (Å²) in [6.07, 6.45) is 0. The van der Waals surface area contributed by atoms with E-state index in [0.717, 1.165) is 12.1 Å². The molecule has 0 aliphatic rings. The Morgan fingerprint density at radius 3 is 2.57 bits per heavy atom. The molecule has 0 bridgehead atoms. The van der Waals surface area contributed by atoms with E-state index in [4.69, 9.17) is 4.74 Å². The lowest BCUT2D eigenvalue weighted by Crippen LogP contribution is -2.12. The molecule has 0 fully saturated rings. The third kappa shape index (κ3) is 3.22. The fraction of sp³-hybridized carbons (Fsp3) is 0.294. The molecule has 4 heteroatoms. The van der Waals surface area contributed by atoms with Gasteiger partial charge in [-0.05, 0) is 42.8 Å². The molecule has 2 aromatic carbocycles. The first-order chi connectivity index (χ1) is 10.1. The fourth-order valence-corrected chi connectivity index (χ4v) is 2.25. The molecule has 2 nitrogen and oxygen atoms in total. The van der Waals surface area contributed by atoms with Crippen LogP contribution in [-0.4, -0.2) is 13.7 Å². The van der Waals surface area contributed by atoms with E-state index in [1.807, 2.05) is 6.92 Å². The van der Waals surface area contributed by atoms with Gasteiger partial charge in [0.2, 0.25) is 0 Å². The second kappa shape index (κ2) is 6.68. The van der Waals surface area contributed by atoms with Crippen LogP contribution in [0.4, 0.5) is 8.78 Å². The van der Waals surface area contributed by atoms with Gasteiger partial charge in [-0.25, -0.2) is 8.78 Å².